The van der Waals surface area contributed by atoms with Crippen molar-refractivity contribution in [2.75, 3.05) is 0 Å². The van der Waals surface area contributed by atoms with Crippen molar-refractivity contribution in [2.24, 2.45) is 0 Å². The highest BCUT2D eigenvalue weighted by molar-refractivity contribution is 6.30. The van der Waals surface area contributed by atoms with Crippen LogP contribution in [0.3, 0.4) is 0 Å². The number of esters is 1. The minimum atomic E-state index is -0.931. The second-order valence-electron chi connectivity index (χ2n) is 4.61. The van der Waals surface area contributed by atoms with Crippen LogP contribution < -0.4 is 0 Å². The summed E-state index contributed by atoms with van der Waals surface area (Å²) in [7, 11) is 0. The van der Waals surface area contributed by atoms with Gasteiger partial charge >= 0.3 is 5.97 Å². The molecule has 1 unspecified atom stereocenters. The van der Waals surface area contributed by atoms with Crippen LogP contribution in [0.5, 0.6) is 0 Å². The van der Waals surface area contributed by atoms with E-state index in [4.69, 9.17) is 21.6 Å². The molecule has 4 nitrogen and oxygen atoms in total. The summed E-state index contributed by atoms with van der Waals surface area (Å²) in [4.78, 5) is 24.2. The van der Waals surface area contributed by atoms with E-state index in [-0.39, 0.29) is 11.3 Å². The van der Waals surface area contributed by atoms with Crippen LogP contribution in [0.25, 0.3) is 0 Å². The Morgan fingerprint density at radius 1 is 1.14 bits per heavy atom. The first-order valence-corrected chi connectivity index (χ1v) is 6.90. The highest BCUT2D eigenvalue weighted by atomic mass is 35.5. The van der Waals surface area contributed by atoms with Gasteiger partial charge in [0.1, 0.15) is 0 Å². The molecule has 0 aromatic heterocycles. The largest absolute Gasteiger partial charge is 0.451 e. The van der Waals surface area contributed by atoms with E-state index in [1.807, 2.05) is 6.07 Å². The third-order valence-electron chi connectivity index (χ3n) is 3.01. The van der Waals surface area contributed by atoms with Crippen LogP contribution >= 0.6 is 11.6 Å². The van der Waals surface area contributed by atoms with Gasteiger partial charge in [-0.25, -0.2) is 4.79 Å². The second-order valence-corrected chi connectivity index (χ2v) is 5.05. The van der Waals surface area contributed by atoms with Crippen LogP contribution in [0, 0.1) is 11.3 Å². The predicted molar refractivity (Wildman–Crippen MR) is 81.8 cm³/mol. The SMILES string of the molecule is CC(OC(=O)c1cccc(C#N)c1)C(=O)c1ccc(Cl)cc1. The molecular formula is C17H12ClNO3. The van der Waals surface area contributed by atoms with Crippen LogP contribution in [0.1, 0.15) is 33.2 Å². The Morgan fingerprint density at radius 3 is 2.45 bits per heavy atom. The Bertz CT molecular complexity index is 747. The lowest BCUT2D eigenvalue weighted by Gasteiger charge is -2.12. The van der Waals surface area contributed by atoms with Gasteiger partial charge < -0.3 is 4.74 Å². The summed E-state index contributed by atoms with van der Waals surface area (Å²) in [5.74, 6) is -0.964. The molecule has 1 atom stereocenters. The summed E-state index contributed by atoms with van der Waals surface area (Å²) < 4.78 is 5.15. The summed E-state index contributed by atoms with van der Waals surface area (Å²) in [6.45, 7) is 1.50. The molecule has 2 aromatic rings. The molecule has 0 spiro atoms. The first-order chi connectivity index (χ1) is 10.5. The highest BCUT2D eigenvalue weighted by Crippen LogP contribution is 2.14. The van der Waals surface area contributed by atoms with Crippen LogP contribution in [0.2, 0.25) is 5.02 Å². The van der Waals surface area contributed by atoms with Crippen molar-refractivity contribution in [1.82, 2.24) is 0 Å². The monoisotopic (exact) mass is 313 g/mol. The van der Waals surface area contributed by atoms with Gasteiger partial charge in [0, 0.05) is 10.6 Å². The topological polar surface area (TPSA) is 67.2 Å². The number of benzene rings is 2. The number of hydrogen-bond donors (Lipinski definition) is 0. The quantitative estimate of drug-likeness (QED) is 0.638. The standard InChI is InChI=1S/C17H12ClNO3/c1-11(16(20)13-5-7-15(18)8-6-13)22-17(21)14-4-2-3-12(9-14)10-19/h2-9,11H,1H3. The molecule has 0 aliphatic heterocycles. The van der Waals surface area contributed by atoms with Crippen LogP contribution in [0.15, 0.2) is 48.5 Å². The minimum Gasteiger partial charge on any atom is -0.451 e. The van der Waals surface area contributed by atoms with Crippen molar-refractivity contribution in [2.45, 2.75) is 13.0 Å². The Balaban J connectivity index is 2.09. The smallest absolute Gasteiger partial charge is 0.338 e. The van der Waals surface area contributed by atoms with Gasteiger partial charge in [-0.3, -0.25) is 4.79 Å². The van der Waals surface area contributed by atoms with E-state index < -0.39 is 12.1 Å². The number of nitriles is 1. The zero-order valence-electron chi connectivity index (χ0n) is 11.7. The molecule has 0 fully saturated rings. The zero-order chi connectivity index (χ0) is 16.1. The Kier molecular flexibility index (Phi) is 4.92. The molecule has 5 heteroatoms. The van der Waals surface area contributed by atoms with Crippen LogP contribution in [-0.4, -0.2) is 17.9 Å². The molecule has 22 heavy (non-hydrogen) atoms. The van der Waals surface area contributed by atoms with E-state index in [9.17, 15) is 9.59 Å². The van der Waals surface area contributed by atoms with E-state index in [0.29, 0.717) is 16.1 Å². The molecule has 2 rings (SSSR count). The van der Waals surface area contributed by atoms with E-state index in [0.717, 1.165) is 0 Å². The molecule has 0 heterocycles. The number of Topliss-reactive ketones (excluding diaryl/α,β-unsaturated/α-hetero) is 1. The summed E-state index contributed by atoms with van der Waals surface area (Å²) >= 11 is 5.77. The van der Waals surface area contributed by atoms with Crippen molar-refractivity contribution in [3.05, 3.63) is 70.2 Å². The summed E-state index contributed by atoms with van der Waals surface area (Å²) in [6, 6.07) is 14.4. The van der Waals surface area contributed by atoms with Gasteiger partial charge in [-0.15, -0.1) is 0 Å². The fraction of sp³-hybridized carbons (Fsp3) is 0.118. The van der Waals surface area contributed by atoms with Gasteiger partial charge in [-0.2, -0.15) is 5.26 Å². The van der Waals surface area contributed by atoms with E-state index in [1.54, 1.807) is 36.4 Å². The molecule has 0 N–H and O–H groups in total. The van der Waals surface area contributed by atoms with Crippen molar-refractivity contribution < 1.29 is 14.3 Å². The first-order valence-electron chi connectivity index (χ1n) is 6.52. The van der Waals surface area contributed by atoms with Gasteiger partial charge in [0.05, 0.1) is 17.2 Å². The fourth-order valence-electron chi connectivity index (χ4n) is 1.85. The van der Waals surface area contributed by atoms with Crippen molar-refractivity contribution in [3.8, 4) is 6.07 Å². The molecule has 110 valence electrons. The molecule has 0 aliphatic carbocycles. The lowest BCUT2D eigenvalue weighted by molar-refractivity contribution is 0.0319. The first kappa shape index (κ1) is 15.7. The van der Waals surface area contributed by atoms with Crippen molar-refractivity contribution in [1.29, 1.82) is 5.26 Å². The number of halogens is 1. The number of carbonyl (C=O) groups is 2. The molecule has 0 aliphatic rings. The molecule has 2 aromatic carbocycles. The Hall–Kier alpha value is -2.64. The van der Waals surface area contributed by atoms with Crippen molar-refractivity contribution in [3.63, 3.8) is 0 Å². The molecule has 0 saturated carbocycles. The third kappa shape index (κ3) is 3.72. The number of hydrogen-bond acceptors (Lipinski definition) is 4. The number of ketones is 1. The van der Waals surface area contributed by atoms with Crippen molar-refractivity contribution >= 4 is 23.4 Å². The van der Waals surface area contributed by atoms with Gasteiger partial charge in [0.2, 0.25) is 5.78 Å². The molecular weight excluding hydrogens is 302 g/mol. The van der Waals surface area contributed by atoms with E-state index in [1.165, 1.54) is 19.1 Å². The molecule has 0 radical (unpaired) electrons. The number of nitrogens with zero attached hydrogens (tertiary/aromatic N) is 1. The maximum atomic E-state index is 12.2. The second kappa shape index (κ2) is 6.88. The summed E-state index contributed by atoms with van der Waals surface area (Å²) in [5.41, 5.74) is 0.997. The van der Waals surface area contributed by atoms with E-state index >= 15 is 0 Å². The van der Waals surface area contributed by atoms with Gasteiger partial charge in [-0.1, -0.05) is 17.7 Å². The minimum absolute atomic E-state index is 0.231. The Morgan fingerprint density at radius 2 is 1.82 bits per heavy atom. The van der Waals surface area contributed by atoms with Gasteiger partial charge in [0.15, 0.2) is 6.10 Å². The molecule has 0 saturated heterocycles. The average molecular weight is 314 g/mol. The predicted octanol–water partition coefficient (Wildman–Crippen LogP) is 3.64. The summed E-state index contributed by atoms with van der Waals surface area (Å²) in [5, 5.41) is 9.34. The molecule has 0 bridgehead atoms. The zero-order valence-corrected chi connectivity index (χ0v) is 12.5. The lowest BCUT2D eigenvalue weighted by Crippen LogP contribution is -2.24. The number of ether oxygens (including phenoxy) is 1. The fourth-order valence-corrected chi connectivity index (χ4v) is 1.97. The average Bonchev–Trinajstić information content (AvgIpc) is 2.54. The normalized spacial score (nSPS) is 11.3. The third-order valence-corrected chi connectivity index (χ3v) is 3.26. The number of rotatable bonds is 4. The maximum Gasteiger partial charge on any atom is 0.338 e. The lowest BCUT2D eigenvalue weighted by atomic mass is 10.1. The highest BCUT2D eigenvalue weighted by Gasteiger charge is 2.20. The van der Waals surface area contributed by atoms with Gasteiger partial charge in [-0.05, 0) is 49.4 Å². The maximum absolute atomic E-state index is 12.2. The van der Waals surface area contributed by atoms with Gasteiger partial charge in [0.25, 0.3) is 0 Å². The summed E-state index contributed by atoms with van der Waals surface area (Å²) in [6.07, 6.45) is -0.931. The Labute approximate surface area is 132 Å². The van der Waals surface area contributed by atoms with Crippen LogP contribution in [0.4, 0.5) is 0 Å². The molecule has 0 amide bonds. The van der Waals surface area contributed by atoms with E-state index in [2.05, 4.69) is 0 Å². The van der Waals surface area contributed by atoms with Crippen LogP contribution in [-0.2, 0) is 4.74 Å². The number of carbonyl (C=O) groups excluding carboxylic acids is 2.